The van der Waals surface area contributed by atoms with Crippen molar-refractivity contribution >= 4 is 17.5 Å². The van der Waals surface area contributed by atoms with Crippen LogP contribution in [0.1, 0.15) is 44.2 Å². The van der Waals surface area contributed by atoms with Crippen LogP contribution >= 0.6 is 11.6 Å². The lowest BCUT2D eigenvalue weighted by atomic mass is 10.0. The fourth-order valence-electron chi connectivity index (χ4n) is 2.01. The third-order valence-electron chi connectivity index (χ3n) is 3.23. The number of unbranched alkanes of at least 4 members (excludes halogenated alkanes) is 1. The van der Waals surface area contributed by atoms with Crippen LogP contribution in [0.3, 0.4) is 0 Å². The van der Waals surface area contributed by atoms with Crippen LogP contribution in [0.4, 0.5) is 0 Å². The molecule has 0 saturated carbocycles. The molecule has 1 N–H and O–H groups in total. The van der Waals surface area contributed by atoms with E-state index in [1.165, 1.54) is 0 Å². The Balaban J connectivity index is 2.69. The van der Waals surface area contributed by atoms with E-state index >= 15 is 0 Å². The average molecular weight is 297 g/mol. The monoisotopic (exact) mass is 296 g/mol. The second-order valence-electron chi connectivity index (χ2n) is 5.37. The summed E-state index contributed by atoms with van der Waals surface area (Å²) < 4.78 is 0. The molecule has 0 aliphatic heterocycles. The molecule has 1 atom stereocenters. The van der Waals surface area contributed by atoms with Crippen molar-refractivity contribution in [3.63, 3.8) is 0 Å². The molecule has 0 heterocycles. The predicted octanol–water partition coefficient (Wildman–Crippen LogP) is 3.64. The summed E-state index contributed by atoms with van der Waals surface area (Å²) in [4.78, 5) is 14.1. The minimum atomic E-state index is 0.0547. The Morgan fingerprint density at radius 1 is 1.30 bits per heavy atom. The summed E-state index contributed by atoms with van der Waals surface area (Å²) in [6.45, 7) is 3.03. The van der Waals surface area contributed by atoms with Crippen molar-refractivity contribution in [2.75, 3.05) is 20.6 Å². The fraction of sp³-hybridized carbons (Fsp3) is 0.562. The largest absolute Gasteiger partial charge is 0.349 e. The van der Waals surface area contributed by atoms with Gasteiger partial charge >= 0.3 is 0 Å². The van der Waals surface area contributed by atoms with Crippen molar-refractivity contribution in [1.29, 1.82) is 0 Å². The number of rotatable bonds is 8. The third kappa shape index (κ3) is 6.40. The molecule has 112 valence electrons. The standard InChI is InChI=1S/C16H25ClN2O/c1-4-5-6-16(20)18-15(11-12-19(2)3)13-7-9-14(17)10-8-13/h7-10,15H,4-6,11-12H2,1-3H3,(H,18,20). The smallest absolute Gasteiger partial charge is 0.220 e. The Morgan fingerprint density at radius 2 is 1.95 bits per heavy atom. The number of benzene rings is 1. The predicted molar refractivity (Wildman–Crippen MR) is 85.0 cm³/mol. The van der Waals surface area contributed by atoms with E-state index in [2.05, 4.69) is 17.1 Å². The molecule has 0 aliphatic carbocycles. The van der Waals surface area contributed by atoms with Gasteiger partial charge in [-0.2, -0.15) is 0 Å². The number of carbonyl (C=O) groups is 1. The zero-order chi connectivity index (χ0) is 15.0. The van der Waals surface area contributed by atoms with Crippen LogP contribution in [0.15, 0.2) is 24.3 Å². The number of amides is 1. The van der Waals surface area contributed by atoms with Crippen molar-refractivity contribution in [3.05, 3.63) is 34.9 Å². The van der Waals surface area contributed by atoms with Gasteiger partial charge in [0.15, 0.2) is 0 Å². The molecular weight excluding hydrogens is 272 g/mol. The molecule has 1 aromatic carbocycles. The van der Waals surface area contributed by atoms with Crippen LogP contribution in [0.2, 0.25) is 5.02 Å². The third-order valence-corrected chi connectivity index (χ3v) is 3.48. The maximum atomic E-state index is 11.9. The zero-order valence-electron chi connectivity index (χ0n) is 12.7. The molecule has 0 radical (unpaired) electrons. The first-order chi connectivity index (χ1) is 9.52. The number of hydrogen-bond donors (Lipinski definition) is 1. The minimum absolute atomic E-state index is 0.0547. The molecule has 1 aromatic rings. The quantitative estimate of drug-likeness (QED) is 0.794. The van der Waals surface area contributed by atoms with E-state index < -0.39 is 0 Å². The molecule has 1 unspecified atom stereocenters. The fourth-order valence-corrected chi connectivity index (χ4v) is 2.13. The summed E-state index contributed by atoms with van der Waals surface area (Å²) in [6.07, 6.45) is 3.47. The van der Waals surface area contributed by atoms with E-state index in [9.17, 15) is 4.79 Å². The molecule has 1 amide bonds. The Morgan fingerprint density at radius 3 is 2.50 bits per heavy atom. The Hall–Kier alpha value is -1.06. The van der Waals surface area contributed by atoms with Gasteiger partial charge in [0.1, 0.15) is 0 Å². The summed E-state index contributed by atoms with van der Waals surface area (Å²) in [5.41, 5.74) is 1.11. The molecule has 4 heteroatoms. The first kappa shape index (κ1) is 17.0. The van der Waals surface area contributed by atoms with Crippen LogP contribution in [0.25, 0.3) is 0 Å². The molecule has 0 spiro atoms. The second kappa shape index (κ2) is 8.98. The van der Waals surface area contributed by atoms with Gasteiger partial charge in [-0.1, -0.05) is 37.1 Å². The maximum Gasteiger partial charge on any atom is 0.220 e. The van der Waals surface area contributed by atoms with Crippen LogP contribution in [-0.2, 0) is 4.79 Å². The summed E-state index contributed by atoms with van der Waals surface area (Å²) in [6, 6.07) is 7.78. The summed E-state index contributed by atoms with van der Waals surface area (Å²) >= 11 is 5.92. The SMILES string of the molecule is CCCCC(=O)NC(CCN(C)C)c1ccc(Cl)cc1. The van der Waals surface area contributed by atoms with Gasteiger partial charge < -0.3 is 10.2 Å². The van der Waals surface area contributed by atoms with Crippen molar-refractivity contribution < 1.29 is 4.79 Å². The highest BCUT2D eigenvalue weighted by molar-refractivity contribution is 6.30. The maximum absolute atomic E-state index is 11.9. The normalized spacial score (nSPS) is 12.4. The van der Waals surface area contributed by atoms with Crippen LogP contribution < -0.4 is 5.32 Å². The zero-order valence-corrected chi connectivity index (χ0v) is 13.4. The molecule has 0 fully saturated rings. The van der Waals surface area contributed by atoms with Crippen molar-refractivity contribution in [2.45, 2.75) is 38.6 Å². The van der Waals surface area contributed by atoms with Gasteiger partial charge in [-0.25, -0.2) is 0 Å². The topological polar surface area (TPSA) is 32.3 Å². The van der Waals surface area contributed by atoms with Gasteiger partial charge in [0.05, 0.1) is 6.04 Å². The molecule has 0 saturated heterocycles. The van der Waals surface area contributed by atoms with Crippen molar-refractivity contribution in [2.24, 2.45) is 0 Å². The number of carbonyl (C=O) groups excluding carboxylic acids is 1. The molecule has 0 aliphatic rings. The van der Waals surface area contributed by atoms with Gasteiger partial charge in [-0.15, -0.1) is 0 Å². The Labute approximate surface area is 127 Å². The second-order valence-corrected chi connectivity index (χ2v) is 5.80. The lowest BCUT2D eigenvalue weighted by molar-refractivity contribution is -0.122. The molecular formula is C16H25ClN2O. The lowest BCUT2D eigenvalue weighted by Gasteiger charge is -2.21. The van der Waals surface area contributed by atoms with Gasteiger partial charge in [-0.05, 0) is 51.2 Å². The molecule has 20 heavy (non-hydrogen) atoms. The van der Waals surface area contributed by atoms with E-state index in [4.69, 9.17) is 11.6 Å². The van der Waals surface area contributed by atoms with Crippen LogP contribution in [-0.4, -0.2) is 31.4 Å². The molecule has 0 aromatic heterocycles. The van der Waals surface area contributed by atoms with Crippen LogP contribution in [0.5, 0.6) is 0 Å². The molecule has 0 bridgehead atoms. The minimum Gasteiger partial charge on any atom is -0.349 e. The van der Waals surface area contributed by atoms with Crippen molar-refractivity contribution in [3.8, 4) is 0 Å². The highest BCUT2D eigenvalue weighted by Gasteiger charge is 2.14. The lowest BCUT2D eigenvalue weighted by Crippen LogP contribution is -2.30. The van der Waals surface area contributed by atoms with Gasteiger partial charge in [-0.3, -0.25) is 4.79 Å². The van der Waals surface area contributed by atoms with E-state index in [0.29, 0.717) is 6.42 Å². The summed E-state index contributed by atoms with van der Waals surface area (Å²) in [5, 5.41) is 3.85. The highest BCUT2D eigenvalue weighted by atomic mass is 35.5. The average Bonchev–Trinajstić information content (AvgIpc) is 2.42. The van der Waals surface area contributed by atoms with Gasteiger partial charge in [0, 0.05) is 11.4 Å². The molecule has 1 rings (SSSR count). The van der Waals surface area contributed by atoms with Crippen LogP contribution in [0, 0.1) is 0 Å². The summed E-state index contributed by atoms with van der Waals surface area (Å²) in [5.74, 6) is 0.130. The Bertz CT molecular complexity index is 403. The number of hydrogen-bond acceptors (Lipinski definition) is 2. The summed E-state index contributed by atoms with van der Waals surface area (Å²) in [7, 11) is 4.08. The van der Waals surface area contributed by atoms with E-state index in [0.717, 1.165) is 36.4 Å². The number of nitrogens with zero attached hydrogens (tertiary/aromatic N) is 1. The first-order valence-electron chi connectivity index (χ1n) is 7.22. The molecule has 3 nitrogen and oxygen atoms in total. The first-order valence-corrected chi connectivity index (χ1v) is 7.60. The van der Waals surface area contributed by atoms with E-state index in [1.54, 1.807) is 0 Å². The van der Waals surface area contributed by atoms with Gasteiger partial charge in [0.25, 0.3) is 0 Å². The van der Waals surface area contributed by atoms with Crippen molar-refractivity contribution in [1.82, 2.24) is 10.2 Å². The number of nitrogens with one attached hydrogen (secondary N) is 1. The highest BCUT2D eigenvalue weighted by Crippen LogP contribution is 2.20. The Kier molecular flexibility index (Phi) is 7.63. The number of halogens is 1. The van der Waals surface area contributed by atoms with E-state index in [1.807, 2.05) is 38.4 Å². The van der Waals surface area contributed by atoms with E-state index in [-0.39, 0.29) is 11.9 Å². The van der Waals surface area contributed by atoms with Gasteiger partial charge in [0.2, 0.25) is 5.91 Å².